The van der Waals surface area contributed by atoms with Crippen LogP contribution in [0.1, 0.15) is 63.9 Å². The van der Waals surface area contributed by atoms with Crippen LogP contribution in [0.3, 0.4) is 0 Å². The van der Waals surface area contributed by atoms with E-state index in [2.05, 4.69) is 88.4 Å². The number of hydrogen-bond acceptors (Lipinski definition) is 0. The van der Waals surface area contributed by atoms with Crippen molar-refractivity contribution in [3.8, 4) is 0 Å². The molecule has 3 aromatic carbocycles. The van der Waals surface area contributed by atoms with Gasteiger partial charge in [-0.3, -0.25) is 0 Å². The zero-order chi connectivity index (χ0) is 20.4. The predicted octanol–water partition coefficient (Wildman–Crippen LogP) is 7.20. The maximum Gasteiger partial charge on any atom is -0.00226 e. The fourth-order valence-corrected chi connectivity index (χ4v) is 4.75. The standard InChI is InChI=1S/C29H32/c1-5-25-13-11-24(18-26(25)6-2)17-22-8-7-9-23(16-22)19-28-15-14-27-12-10-20(3)21(4)29(27)28/h7-13,15-16,18H,5-6,14,17,19H2,1-4H3. The highest BCUT2D eigenvalue weighted by atomic mass is 14.2. The van der Waals surface area contributed by atoms with Crippen LogP contribution in [0.4, 0.5) is 0 Å². The third-order valence-electron chi connectivity index (χ3n) is 6.54. The number of rotatable bonds is 6. The van der Waals surface area contributed by atoms with E-state index in [9.17, 15) is 0 Å². The van der Waals surface area contributed by atoms with Gasteiger partial charge in [0.25, 0.3) is 0 Å². The fourth-order valence-electron chi connectivity index (χ4n) is 4.75. The largest absolute Gasteiger partial charge is 0.0759 e. The molecule has 1 aliphatic carbocycles. The van der Waals surface area contributed by atoms with Gasteiger partial charge in [0.15, 0.2) is 0 Å². The predicted molar refractivity (Wildman–Crippen MR) is 126 cm³/mol. The second-order valence-corrected chi connectivity index (χ2v) is 8.46. The van der Waals surface area contributed by atoms with E-state index in [1.807, 2.05) is 0 Å². The van der Waals surface area contributed by atoms with Crippen molar-refractivity contribution in [3.63, 3.8) is 0 Å². The van der Waals surface area contributed by atoms with Crippen molar-refractivity contribution < 1.29 is 0 Å². The van der Waals surface area contributed by atoms with Crippen LogP contribution in [0, 0.1) is 13.8 Å². The third kappa shape index (κ3) is 4.08. The molecular formula is C29H32. The average molecular weight is 381 g/mol. The highest BCUT2D eigenvalue weighted by molar-refractivity contribution is 5.77. The molecule has 3 aromatic rings. The molecule has 0 aromatic heterocycles. The van der Waals surface area contributed by atoms with Crippen molar-refractivity contribution >= 4 is 5.57 Å². The van der Waals surface area contributed by atoms with Crippen LogP contribution in [-0.2, 0) is 32.1 Å². The van der Waals surface area contributed by atoms with Crippen molar-refractivity contribution in [3.05, 3.63) is 111 Å². The smallest absolute Gasteiger partial charge is 0.00226 e. The van der Waals surface area contributed by atoms with Crippen molar-refractivity contribution in [1.29, 1.82) is 0 Å². The highest BCUT2D eigenvalue weighted by Crippen LogP contribution is 2.34. The van der Waals surface area contributed by atoms with E-state index in [0.717, 1.165) is 32.1 Å². The summed E-state index contributed by atoms with van der Waals surface area (Å²) in [5, 5.41) is 0. The molecule has 148 valence electrons. The molecule has 0 saturated carbocycles. The molecule has 0 bridgehead atoms. The van der Waals surface area contributed by atoms with Crippen LogP contribution in [0.25, 0.3) is 5.57 Å². The van der Waals surface area contributed by atoms with Gasteiger partial charge in [0.1, 0.15) is 0 Å². The van der Waals surface area contributed by atoms with E-state index >= 15 is 0 Å². The van der Waals surface area contributed by atoms with Crippen molar-refractivity contribution in [2.24, 2.45) is 0 Å². The van der Waals surface area contributed by atoms with E-state index in [1.54, 1.807) is 0 Å². The summed E-state index contributed by atoms with van der Waals surface area (Å²) in [7, 11) is 0. The minimum atomic E-state index is 1.01. The fraction of sp³-hybridized carbons (Fsp3) is 0.310. The Hall–Kier alpha value is -2.60. The van der Waals surface area contributed by atoms with E-state index in [-0.39, 0.29) is 0 Å². The van der Waals surface area contributed by atoms with Gasteiger partial charge < -0.3 is 0 Å². The van der Waals surface area contributed by atoms with E-state index < -0.39 is 0 Å². The second-order valence-electron chi connectivity index (χ2n) is 8.46. The van der Waals surface area contributed by atoms with Gasteiger partial charge in [-0.15, -0.1) is 0 Å². The van der Waals surface area contributed by atoms with Gasteiger partial charge in [-0.05, 0) is 102 Å². The molecule has 0 nitrogen and oxygen atoms in total. The maximum atomic E-state index is 2.43. The molecule has 0 atom stereocenters. The molecule has 0 amide bonds. The summed E-state index contributed by atoms with van der Waals surface area (Å²) in [5.74, 6) is 0. The second kappa shape index (κ2) is 8.41. The molecule has 0 radical (unpaired) electrons. The molecule has 0 saturated heterocycles. The molecule has 1 aliphatic rings. The molecule has 0 aliphatic heterocycles. The Morgan fingerprint density at radius 1 is 0.724 bits per heavy atom. The average Bonchev–Trinajstić information content (AvgIpc) is 3.14. The Kier molecular flexibility index (Phi) is 5.72. The first-order chi connectivity index (χ1) is 14.1. The number of aryl methyl sites for hydroxylation is 3. The van der Waals surface area contributed by atoms with Gasteiger partial charge in [-0.2, -0.15) is 0 Å². The van der Waals surface area contributed by atoms with Gasteiger partial charge >= 0.3 is 0 Å². The van der Waals surface area contributed by atoms with E-state index in [4.69, 9.17) is 0 Å². The Balaban J connectivity index is 1.55. The normalized spacial score (nSPS) is 12.8. The number of allylic oxidation sites excluding steroid dienone is 2. The molecular weight excluding hydrogens is 348 g/mol. The molecule has 0 fully saturated rings. The maximum absolute atomic E-state index is 2.43. The topological polar surface area (TPSA) is 0 Å². The molecule has 0 heteroatoms. The summed E-state index contributed by atoms with van der Waals surface area (Å²) in [6.07, 6.45) is 7.78. The lowest BCUT2D eigenvalue weighted by atomic mass is 9.91. The van der Waals surface area contributed by atoms with Crippen LogP contribution in [0.15, 0.2) is 60.7 Å². The van der Waals surface area contributed by atoms with Crippen LogP contribution < -0.4 is 0 Å². The Labute approximate surface area is 176 Å². The van der Waals surface area contributed by atoms with Crippen LogP contribution >= 0.6 is 0 Å². The van der Waals surface area contributed by atoms with Crippen molar-refractivity contribution in [2.75, 3.05) is 0 Å². The highest BCUT2D eigenvalue weighted by Gasteiger charge is 2.17. The van der Waals surface area contributed by atoms with Gasteiger partial charge in [-0.1, -0.05) is 74.5 Å². The number of benzene rings is 3. The summed E-state index contributed by atoms with van der Waals surface area (Å²) >= 11 is 0. The molecule has 29 heavy (non-hydrogen) atoms. The molecule has 0 spiro atoms. The van der Waals surface area contributed by atoms with Crippen molar-refractivity contribution in [2.45, 2.75) is 59.8 Å². The third-order valence-corrected chi connectivity index (χ3v) is 6.54. The summed E-state index contributed by atoms with van der Waals surface area (Å²) < 4.78 is 0. The zero-order valence-electron chi connectivity index (χ0n) is 18.3. The van der Waals surface area contributed by atoms with Crippen LogP contribution in [0.5, 0.6) is 0 Å². The van der Waals surface area contributed by atoms with Gasteiger partial charge in [-0.25, -0.2) is 0 Å². The molecule has 4 rings (SSSR count). The minimum Gasteiger partial charge on any atom is -0.0759 e. The quantitative estimate of drug-likeness (QED) is 0.424. The molecule has 0 heterocycles. The summed E-state index contributed by atoms with van der Waals surface area (Å²) in [4.78, 5) is 0. The van der Waals surface area contributed by atoms with Gasteiger partial charge in [0.05, 0.1) is 0 Å². The Morgan fingerprint density at radius 2 is 1.45 bits per heavy atom. The van der Waals surface area contributed by atoms with Gasteiger partial charge in [0.2, 0.25) is 0 Å². The van der Waals surface area contributed by atoms with E-state index in [1.165, 1.54) is 55.6 Å². The van der Waals surface area contributed by atoms with Crippen LogP contribution in [0.2, 0.25) is 0 Å². The van der Waals surface area contributed by atoms with Crippen LogP contribution in [-0.4, -0.2) is 0 Å². The lowest BCUT2D eigenvalue weighted by Gasteiger charge is -2.13. The SMILES string of the molecule is CCc1ccc(Cc2cccc(CC3=CCc4ccc(C)c(C)c43)c2)cc1CC. The Bertz CT molecular complexity index is 1070. The molecule has 0 N–H and O–H groups in total. The first kappa shape index (κ1) is 19.7. The lowest BCUT2D eigenvalue weighted by molar-refractivity contribution is 1.02. The van der Waals surface area contributed by atoms with Crippen molar-refractivity contribution in [1.82, 2.24) is 0 Å². The number of hydrogen-bond donors (Lipinski definition) is 0. The first-order valence-electron chi connectivity index (χ1n) is 11.1. The van der Waals surface area contributed by atoms with E-state index in [0.29, 0.717) is 0 Å². The first-order valence-corrected chi connectivity index (χ1v) is 11.1. The zero-order valence-corrected chi connectivity index (χ0v) is 18.3. The summed E-state index contributed by atoms with van der Waals surface area (Å²) in [5.41, 5.74) is 14.6. The van der Waals surface area contributed by atoms with Gasteiger partial charge in [0, 0.05) is 0 Å². The lowest BCUT2D eigenvalue weighted by Crippen LogP contribution is -1.97. The Morgan fingerprint density at radius 3 is 2.21 bits per heavy atom. The summed E-state index contributed by atoms with van der Waals surface area (Å²) in [6, 6.07) is 20.8. The number of fused-ring (bicyclic) bond motifs is 1. The monoisotopic (exact) mass is 380 g/mol. The molecule has 0 unspecified atom stereocenters. The summed E-state index contributed by atoms with van der Waals surface area (Å²) in [6.45, 7) is 9.00. The minimum absolute atomic E-state index is 1.01.